The highest BCUT2D eigenvalue weighted by Gasteiger charge is 2.17. The Labute approximate surface area is 117 Å². The van der Waals surface area contributed by atoms with Gasteiger partial charge in [-0.2, -0.15) is 0 Å². The number of anilines is 1. The maximum Gasteiger partial charge on any atom is 0.270 e. The number of hydrogen-bond donors (Lipinski definition) is 1. The second-order valence-electron chi connectivity index (χ2n) is 4.04. The average Bonchev–Trinajstić information content (AvgIpc) is 2.81. The van der Waals surface area contributed by atoms with E-state index < -0.39 is 11.3 Å². The van der Waals surface area contributed by atoms with Crippen LogP contribution >= 0.6 is 11.3 Å². The van der Waals surface area contributed by atoms with Crippen LogP contribution in [0.15, 0.2) is 23.6 Å². The monoisotopic (exact) mass is 299 g/mol. The second kappa shape index (κ2) is 5.91. The Bertz CT molecular complexity index is 631. The molecule has 1 aromatic heterocycles. The highest BCUT2D eigenvalue weighted by atomic mass is 32.1. The van der Waals surface area contributed by atoms with Crippen molar-refractivity contribution >= 4 is 22.7 Å². The number of nitrogens with zero attached hydrogens (tertiary/aromatic N) is 2. The van der Waals surface area contributed by atoms with Crippen LogP contribution in [0.3, 0.4) is 0 Å². The standard InChI is InChI=1S/C12H11F2N3O2S/c1-7-16-8(6-20-7)5-15-11-3-2-9(17(18)19)4-10(11)12(13)14/h2-4,6,12,15H,5H2,1H3. The molecule has 0 amide bonds. The van der Waals surface area contributed by atoms with E-state index in [1.807, 2.05) is 12.3 Å². The van der Waals surface area contributed by atoms with Crippen LogP contribution in [0.25, 0.3) is 0 Å². The molecule has 0 radical (unpaired) electrons. The average molecular weight is 299 g/mol. The molecule has 0 saturated heterocycles. The van der Waals surface area contributed by atoms with E-state index >= 15 is 0 Å². The van der Waals surface area contributed by atoms with Crippen LogP contribution < -0.4 is 5.32 Å². The van der Waals surface area contributed by atoms with Crippen molar-refractivity contribution in [3.8, 4) is 0 Å². The van der Waals surface area contributed by atoms with Crippen LogP contribution in [0.5, 0.6) is 0 Å². The number of nitro groups is 1. The Balaban J connectivity index is 2.20. The summed E-state index contributed by atoms with van der Waals surface area (Å²) in [7, 11) is 0. The van der Waals surface area contributed by atoms with Crippen LogP contribution in [-0.2, 0) is 6.54 Å². The molecule has 5 nitrogen and oxygen atoms in total. The summed E-state index contributed by atoms with van der Waals surface area (Å²) in [4.78, 5) is 14.1. The zero-order chi connectivity index (χ0) is 14.7. The first-order valence-electron chi connectivity index (χ1n) is 5.68. The lowest BCUT2D eigenvalue weighted by Gasteiger charge is -2.10. The Morgan fingerprint density at radius 2 is 2.25 bits per heavy atom. The van der Waals surface area contributed by atoms with Gasteiger partial charge in [-0.1, -0.05) is 0 Å². The van der Waals surface area contributed by atoms with E-state index in [2.05, 4.69) is 10.3 Å². The van der Waals surface area contributed by atoms with Crippen molar-refractivity contribution in [2.24, 2.45) is 0 Å². The Morgan fingerprint density at radius 1 is 1.50 bits per heavy atom. The lowest BCUT2D eigenvalue weighted by Crippen LogP contribution is -2.04. The van der Waals surface area contributed by atoms with Crippen LogP contribution in [0, 0.1) is 17.0 Å². The van der Waals surface area contributed by atoms with Gasteiger partial charge in [-0.25, -0.2) is 13.8 Å². The molecule has 20 heavy (non-hydrogen) atoms. The molecule has 0 aliphatic carbocycles. The Kier molecular flexibility index (Phi) is 4.23. The van der Waals surface area contributed by atoms with Gasteiger partial charge < -0.3 is 5.32 Å². The van der Waals surface area contributed by atoms with Crippen molar-refractivity contribution in [3.05, 3.63) is 50.0 Å². The topological polar surface area (TPSA) is 68.1 Å². The number of nitro benzene ring substituents is 1. The third kappa shape index (κ3) is 3.27. The second-order valence-corrected chi connectivity index (χ2v) is 5.10. The minimum absolute atomic E-state index is 0.177. The predicted molar refractivity (Wildman–Crippen MR) is 72.2 cm³/mol. The zero-order valence-corrected chi connectivity index (χ0v) is 11.3. The largest absolute Gasteiger partial charge is 0.379 e. The van der Waals surface area contributed by atoms with E-state index in [-0.39, 0.29) is 16.9 Å². The van der Waals surface area contributed by atoms with Gasteiger partial charge in [-0.05, 0) is 13.0 Å². The van der Waals surface area contributed by atoms with Crippen LogP contribution in [-0.4, -0.2) is 9.91 Å². The van der Waals surface area contributed by atoms with E-state index in [0.717, 1.165) is 16.8 Å². The fourth-order valence-electron chi connectivity index (χ4n) is 1.68. The minimum Gasteiger partial charge on any atom is -0.379 e. The molecule has 0 bridgehead atoms. The van der Waals surface area contributed by atoms with Gasteiger partial charge in [0, 0.05) is 28.8 Å². The van der Waals surface area contributed by atoms with Crippen LogP contribution in [0.4, 0.5) is 20.2 Å². The Morgan fingerprint density at radius 3 is 2.80 bits per heavy atom. The van der Waals surface area contributed by atoms with E-state index in [1.54, 1.807) is 0 Å². The van der Waals surface area contributed by atoms with Crippen molar-refractivity contribution in [3.63, 3.8) is 0 Å². The molecule has 1 N–H and O–H groups in total. The van der Waals surface area contributed by atoms with Gasteiger partial charge in [-0.15, -0.1) is 11.3 Å². The first-order valence-corrected chi connectivity index (χ1v) is 6.56. The quantitative estimate of drug-likeness (QED) is 0.671. The number of aromatic nitrogens is 1. The van der Waals surface area contributed by atoms with E-state index in [1.165, 1.54) is 23.5 Å². The van der Waals surface area contributed by atoms with Gasteiger partial charge in [0.25, 0.3) is 12.1 Å². The van der Waals surface area contributed by atoms with Crippen molar-refractivity contribution in [2.75, 3.05) is 5.32 Å². The van der Waals surface area contributed by atoms with E-state index in [0.29, 0.717) is 6.54 Å². The summed E-state index contributed by atoms with van der Waals surface area (Å²) in [6, 6.07) is 3.37. The van der Waals surface area contributed by atoms with Gasteiger partial charge in [0.05, 0.1) is 22.2 Å². The van der Waals surface area contributed by atoms with Gasteiger partial charge in [0.2, 0.25) is 0 Å². The first-order chi connectivity index (χ1) is 9.47. The molecule has 8 heteroatoms. The van der Waals surface area contributed by atoms with Crippen molar-refractivity contribution < 1.29 is 13.7 Å². The summed E-state index contributed by atoms with van der Waals surface area (Å²) in [5, 5.41) is 16.2. The highest BCUT2D eigenvalue weighted by Crippen LogP contribution is 2.31. The fourth-order valence-corrected chi connectivity index (χ4v) is 2.29. The summed E-state index contributed by atoms with van der Waals surface area (Å²) in [5.41, 5.74) is 0.184. The lowest BCUT2D eigenvalue weighted by atomic mass is 10.1. The normalized spacial score (nSPS) is 10.8. The summed E-state index contributed by atoms with van der Waals surface area (Å²) in [5.74, 6) is 0. The molecule has 0 spiro atoms. The van der Waals surface area contributed by atoms with Crippen molar-refractivity contribution in [2.45, 2.75) is 19.9 Å². The van der Waals surface area contributed by atoms with E-state index in [4.69, 9.17) is 0 Å². The first kappa shape index (κ1) is 14.3. The summed E-state index contributed by atoms with van der Waals surface area (Å²) < 4.78 is 25.8. The molecule has 0 unspecified atom stereocenters. The number of aryl methyl sites for hydroxylation is 1. The van der Waals surface area contributed by atoms with Crippen LogP contribution in [0.1, 0.15) is 22.7 Å². The maximum atomic E-state index is 12.9. The number of thiazole rings is 1. The highest BCUT2D eigenvalue weighted by molar-refractivity contribution is 7.09. The molecule has 1 heterocycles. The molecule has 106 valence electrons. The number of non-ortho nitro benzene ring substituents is 1. The molecule has 2 rings (SSSR count). The third-order valence-corrected chi connectivity index (χ3v) is 3.43. The maximum absolute atomic E-state index is 12.9. The molecule has 0 aliphatic heterocycles. The number of alkyl halides is 2. The molecular formula is C12H11F2N3O2S. The molecule has 0 atom stereocenters. The molecule has 2 aromatic rings. The fraction of sp³-hybridized carbons (Fsp3) is 0.250. The number of benzene rings is 1. The molecule has 0 fully saturated rings. The van der Waals surface area contributed by atoms with Gasteiger partial charge in [0.1, 0.15) is 0 Å². The van der Waals surface area contributed by atoms with Crippen molar-refractivity contribution in [1.82, 2.24) is 4.98 Å². The molecular weight excluding hydrogens is 288 g/mol. The number of hydrogen-bond acceptors (Lipinski definition) is 5. The minimum atomic E-state index is -2.78. The number of nitrogens with one attached hydrogen (secondary N) is 1. The third-order valence-electron chi connectivity index (χ3n) is 2.61. The summed E-state index contributed by atoms with van der Waals surface area (Å²) in [6.45, 7) is 2.15. The zero-order valence-electron chi connectivity index (χ0n) is 10.5. The molecule has 1 aromatic carbocycles. The van der Waals surface area contributed by atoms with Crippen molar-refractivity contribution in [1.29, 1.82) is 0 Å². The van der Waals surface area contributed by atoms with Gasteiger partial charge >= 0.3 is 0 Å². The number of halogens is 2. The van der Waals surface area contributed by atoms with Gasteiger partial charge in [-0.3, -0.25) is 10.1 Å². The van der Waals surface area contributed by atoms with Gasteiger partial charge in [0.15, 0.2) is 0 Å². The predicted octanol–water partition coefficient (Wildman–Crippen LogP) is 3.91. The Hall–Kier alpha value is -2.09. The van der Waals surface area contributed by atoms with E-state index in [9.17, 15) is 18.9 Å². The summed E-state index contributed by atoms with van der Waals surface area (Å²) >= 11 is 1.47. The summed E-state index contributed by atoms with van der Waals surface area (Å²) in [6.07, 6.45) is -2.78. The molecule has 0 aliphatic rings. The van der Waals surface area contributed by atoms with Crippen LogP contribution in [0.2, 0.25) is 0 Å². The molecule has 0 saturated carbocycles. The number of rotatable bonds is 5. The lowest BCUT2D eigenvalue weighted by molar-refractivity contribution is -0.385. The SMILES string of the molecule is Cc1nc(CNc2ccc([N+](=O)[O-])cc2C(F)F)cs1. The smallest absolute Gasteiger partial charge is 0.270 e.